The van der Waals surface area contributed by atoms with Gasteiger partial charge in [0, 0.05) is 18.1 Å². The molecule has 2 aromatic carbocycles. The van der Waals surface area contributed by atoms with Gasteiger partial charge in [-0.15, -0.1) is 0 Å². The van der Waals surface area contributed by atoms with Gasteiger partial charge in [-0.25, -0.2) is 0 Å². The highest BCUT2D eigenvalue weighted by atomic mass is 16.5. The molecule has 0 bridgehead atoms. The molecule has 150 valence electrons. The van der Waals surface area contributed by atoms with Crippen LogP contribution in [0.4, 0.5) is 0 Å². The number of dihydropyridines is 1. The van der Waals surface area contributed by atoms with Gasteiger partial charge < -0.3 is 10.1 Å². The van der Waals surface area contributed by atoms with Crippen molar-refractivity contribution in [2.45, 2.75) is 38.4 Å². The van der Waals surface area contributed by atoms with Gasteiger partial charge >= 0.3 is 0 Å². The molecule has 0 saturated carbocycles. The molecule has 3 heteroatoms. The first-order valence-electron chi connectivity index (χ1n) is 10.7. The average molecular weight is 395 g/mol. The molecule has 1 atom stereocenters. The molecule has 2 heterocycles. The molecule has 2 aliphatic rings. The lowest BCUT2D eigenvalue weighted by molar-refractivity contribution is 0.0884. The number of ether oxygens (including phenoxy) is 1. The van der Waals surface area contributed by atoms with Crippen molar-refractivity contribution in [2.24, 2.45) is 0 Å². The summed E-state index contributed by atoms with van der Waals surface area (Å²) in [6, 6.07) is 21.4. The van der Waals surface area contributed by atoms with Gasteiger partial charge in [0.05, 0.1) is 6.61 Å². The van der Waals surface area contributed by atoms with E-state index in [1.165, 1.54) is 51.9 Å². The van der Waals surface area contributed by atoms with Crippen molar-refractivity contribution in [3.8, 4) is 22.3 Å². The van der Waals surface area contributed by atoms with E-state index in [2.05, 4.69) is 77.0 Å². The third kappa shape index (κ3) is 3.94. The summed E-state index contributed by atoms with van der Waals surface area (Å²) >= 11 is 0. The Kier molecular flexibility index (Phi) is 5.45. The Morgan fingerprint density at radius 1 is 0.833 bits per heavy atom. The predicted molar refractivity (Wildman–Crippen MR) is 121 cm³/mol. The van der Waals surface area contributed by atoms with Crippen LogP contribution in [0.5, 0.6) is 0 Å². The van der Waals surface area contributed by atoms with E-state index in [-0.39, 0.29) is 6.10 Å². The number of benzene rings is 2. The normalized spacial score (nSPS) is 18.1. The number of hydrogen-bond acceptors (Lipinski definition) is 3. The lowest BCUT2D eigenvalue weighted by atomic mass is 9.91. The van der Waals surface area contributed by atoms with Crippen LogP contribution in [0, 0.1) is 0 Å². The summed E-state index contributed by atoms with van der Waals surface area (Å²) < 4.78 is 6.29. The average Bonchev–Trinajstić information content (AvgIpc) is 2.83. The molecule has 30 heavy (non-hydrogen) atoms. The summed E-state index contributed by atoms with van der Waals surface area (Å²) in [6.07, 6.45) is 12.8. The molecule has 1 aromatic heterocycles. The Balaban J connectivity index is 1.32. The van der Waals surface area contributed by atoms with E-state index < -0.39 is 0 Å². The fourth-order valence-electron chi connectivity index (χ4n) is 4.40. The fourth-order valence-corrected chi connectivity index (χ4v) is 4.40. The van der Waals surface area contributed by atoms with Crippen molar-refractivity contribution in [2.75, 3.05) is 0 Å². The molecule has 0 saturated heterocycles. The van der Waals surface area contributed by atoms with Crippen molar-refractivity contribution in [1.82, 2.24) is 10.3 Å². The Labute approximate surface area is 178 Å². The molecular formula is C27H26N2O. The van der Waals surface area contributed by atoms with Crippen LogP contribution in [0.3, 0.4) is 0 Å². The Morgan fingerprint density at radius 3 is 2.30 bits per heavy atom. The molecule has 0 fully saturated rings. The molecule has 1 N–H and O–H groups in total. The Bertz CT molecular complexity index is 1070. The van der Waals surface area contributed by atoms with Crippen LogP contribution in [0.25, 0.3) is 22.3 Å². The number of allylic oxidation sites excluding steroid dienone is 1. The molecule has 1 unspecified atom stereocenters. The second-order valence-corrected chi connectivity index (χ2v) is 7.92. The minimum Gasteiger partial charge on any atom is -0.365 e. The summed E-state index contributed by atoms with van der Waals surface area (Å²) in [5.41, 5.74) is 8.86. The van der Waals surface area contributed by atoms with E-state index in [4.69, 9.17) is 4.74 Å². The first-order valence-corrected chi connectivity index (χ1v) is 10.7. The first-order chi connectivity index (χ1) is 14.9. The van der Waals surface area contributed by atoms with E-state index in [1.54, 1.807) is 0 Å². The highest BCUT2D eigenvalue weighted by Crippen LogP contribution is 2.33. The molecule has 0 spiro atoms. The van der Waals surface area contributed by atoms with Crippen LogP contribution < -0.4 is 5.32 Å². The van der Waals surface area contributed by atoms with Gasteiger partial charge in [-0.1, -0.05) is 48.5 Å². The lowest BCUT2D eigenvalue weighted by Gasteiger charge is -2.29. The van der Waals surface area contributed by atoms with Crippen molar-refractivity contribution in [3.05, 3.63) is 102 Å². The molecule has 1 aliphatic carbocycles. The number of hydrogen-bond donors (Lipinski definition) is 1. The molecule has 0 radical (unpaired) electrons. The number of nitrogens with one attached hydrogen (secondary N) is 1. The minimum absolute atomic E-state index is 0.105. The van der Waals surface area contributed by atoms with Gasteiger partial charge in [0.15, 0.2) is 0 Å². The van der Waals surface area contributed by atoms with Gasteiger partial charge in [-0.05, 0) is 83.5 Å². The molecular weight excluding hydrogens is 368 g/mol. The summed E-state index contributed by atoms with van der Waals surface area (Å²) in [7, 11) is 0. The van der Waals surface area contributed by atoms with Gasteiger partial charge in [0.1, 0.15) is 6.10 Å². The summed E-state index contributed by atoms with van der Waals surface area (Å²) in [6.45, 7) is 0.623. The molecule has 3 aromatic rings. The molecule has 3 nitrogen and oxygen atoms in total. The lowest BCUT2D eigenvalue weighted by Crippen LogP contribution is -2.26. The van der Waals surface area contributed by atoms with E-state index in [1.807, 2.05) is 18.6 Å². The molecule has 0 amide bonds. The van der Waals surface area contributed by atoms with Crippen LogP contribution in [0.15, 0.2) is 96.6 Å². The maximum atomic E-state index is 6.29. The summed E-state index contributed by atoms with van der Waals surface area (Å²) in [5, 5.41) is 3.41. The first kappa shape index (κ1) is 18.8. The number of aromatic nitrogens is 1. The summed E-state index contributed by atoms with van der Waals surface area (Å²) in [4.78, 5) is 4.14. The van der Waals surface area contributed by atoms with Gasteiger partial charge in [-0.3, -0.25) is 4.98 Å². The van der Waals surface area contributed by atoms with Crippen molar-refractivity contribution in [3.63, 3.8) is 0 Å². The molecule has 5 rings (SSSR count). The van der Waals surface area contributed by atoms with Crippen molar-refractivity contribution in [1.29, 1.82) is 0 Å². The topological polar surface area (TPSA) is 34.1 Å². The van der Waals surface area contributed by atoms with Gasteiger partial charge in [0.2, 0.25) is 0 Å². The maximum absolute atomic E-state index is 6.29. The van der Waals surface area contributed by atoms with E-state index in [0.29, 0.717) is 6.61 Å². The number of pyridine rings is 1. The van der Waals surface area contributed by atoms with Gasteiger partial charge in [0.25, 0.3) is 0 Å². The zero-order chi connectivity index (χ0) is 20.2. The van der Waals surface area contributed by atoms with E-state index in [9.17, 15) is 0 Å². The van der Waals surface area contributed by atoms with Crippen LogP contribution in [0.2, 0.25) is 0 Å². The monoisotopic (exact) mass is 394 g/mol. The van der Waals surface area contributed by atoms with E-state index >= 15 is 0 Å². The third-order valence-electron chi connectivity index (χ3n) is 6.00. The Morgan fingerprint density at radius 2 is 1.53 bits per heavy atom. The standard InChI is InChI=1S/C27H26N2O/c1-2-6-24(22-13-16-28-17-14-22)23(5-1)21-11-9-20(10-12-21)19-30-27-15-18-29-26-8-4-3-7-25(26)27/h1-2,5-6,9-18,27,29H,3-4,7-8,19H2. The van der Waals surface area contributed by atoms with Crippen LogP contribution in [0.1, 0.15) is 31.2 Å². The zero-order valence-corrected chi connectivity index (χ0v) is 17.1. The minimum atomic E-state index is 0.105. The highest BCUT2D eigenvalue weighted by molar-refractivity contribution is 5.83. The quantitative estimate of drug-likeness (QED) is 0.556. The predicted octanol–water partition coefficient (Wildman–Crippen LogP) is 6.25. The summed E-state index contributed by atoms with van der Waals surface area (Å²) in [5.74, 6) is 0. The van der Waals surface area contributed by atoms with Crippen LogP contribution >= 0.6 is 0 Å². The van der Waals surface area contributed by atoms with Crippen molar-refractivity contribution < 1.29 is 4.74 Å². The SMILES string of the molecule is C1=CC(OCc2ccc(-c3ccccc3-c3ccncc3)cc2)C2=C(CCCC2)N1. The number of nitrogens with zero attached hydrogens (tertiary/aromatic N) is 1. The van der Waals surface area contributed by atoms with Gasteiger partial charge in [-0.2, -0.15) is 0 Å². The smallest absolute Gasteiger partial charge is 0.101 e. The van der Waals surface area contributed by atoms with Crippen LogP contribution in [-0.4, -0.2) is 11.1 Å². The van der Waals surface area contributed by atoms with Crippen molar-refractivity contribution >= 4 is 0 Å². The number of rotatable bonds is 5. The second kappa shape index (κ2) is 8.68. The highest BCUT2D eigenvalue weighted by Gasteiger charge is 2.22. The second-order valence-electron chi connectivity index (χ2n) is 7.92. The Hall–Kier alpha value is -3.17. The molecule has 1 aliphatic heterocycles. The fraction of sp³-hybridized carbons (Fsp3) is 0.222. The largest absolute Gasteiger partial charge is 0.365 e. The van der Waals surface area contributed by atoms with E-state index in [0.717, 1.165) is 12.8 Å². The van der Waals surface area contributed by atoms with Crippen LogP contribution in [-0.2, 0) is 11.3 Å². The zero-order valence-electron chi connectivity index (χ0n) is 17.1. The maximum Gasteiger partial charge on any atom is 0.101 e. The third-order valence-corrected chi connectivity index (χ3v) is 6.00.